The van der Waals surface area contributed by atoms with Crippen LogP contribution >= 0.6 is 11.8 Å². The number of carboxylic acid groups (broad SMARTS) is 1. The maximum atomic E-state index is 10.7. The van der Waals surface area contributed by atoms with E-state index < -0.39 is 10.9 Å². The van der Waals surface area contributed by atoms with Crippen molar-refractivity contribution in [2.45, 2.75) is 5.03 Å². The molecule has 0 aliphatic heterocycles. The molecular weight excluding hydrogens is 248 g/mol. The van der Waals surface area contributed by atoms with Gasteiger partial charge < -0.3 is 15.2 Å². The molecule has 2 aromatic heterocycles. The fourth-order valence-electron chi connectivity index (χ4n) is 1.18. The number of fused-ring (bicyclic) bond motifs is 1. The lowest BCUT2D eigenvalue weighted by atomic mass is 10.6. The largest absolute Gasteiger partial charge is 0.481 e. The molecule has 0 bridgehead atoms. The van der Waals surface area contributed by atoms with Crippen LogP contribution < -0.4 is 0 Å². The summed E-state index contributed by atoms with van der Waals surface area (Å²) >= 11 is 0.985. The average molecular weight is 254 g/mol. The van der Waals surface area contributed by atoms with Crippen LogP contribution in [0.3, 0.4) is 0 Å². The van der Waals surface area contributed by atoms with Gasteiger partial charge in [0.25, 0.3) is 0 Å². The van der Waals surface area contributed by atoms with Crippen LogP contribution in [0.1, 0.15) is 0 Å². The first-order valence-corrected chi connectivity index (χ1v) is 5.40. The van der Waals surface area contributed by atoms with Crippen LogP contribution in [0.5, 0.6) is 0 Å². The van der Waals surface area contributed by atoms with Crippen molar-refractivity contribution < 1.29 is 14.8 Å². The second-order valence-electron chi connectivity index (χ2n) is 3.00. The van der Waals surface area contributed by atoms with Crippen molar-refractivity contribution in [2.24, 2.45) is 0 Å². The number of nitrogens with zero attached hydrogens (tertiary/aromatic N) is 4. The van der Waals surface area contributed by atoms with Gasteiger partial charge >= 0.3 is 11.8 Å². The Labute approximate surface area is 98.4 Å². The lowest BCUT2D eigenvalue weighted by Crippen LogP contribution is -2.01. The van der Waals surface area contributed by atoms with Gasteiger partial charge in [0.2, 0.25) is 5.65 Å². The van der Waals surface area contributed by atoms with Gasteiger partial charge in [0.15, 0.2) is 0 Å². The van der Waals surface area contributed by atoms with Crippen molar-refractivity contribution in [3.05, 3.63) is 28.4 Å². The van der Waals surface area contributed by atoms with Crippen LogP contribution in [0, 0.1) is 10.1 Å². The standard InChI is InChI=1S/C8H6N4O4S/c13-8(14)4-17-6-2-1-5-9-3-7(12(15)16)11(5)10-6/h1-3H,4H2,(H,13,14). The van der Waals surface area contributed by atoms with E-state index in [1.165, 1.54) is 0 Å². The summed E-state index contributed by atoms with van der Waals surface area (Å²) in [6.07, 6.45) is 1.11. The van der Waals surface area contributed by atoms with Gasteiger partial charge in [0, 0.05) is 6.07 Å². The van der Waals surface area contributed by atoms with Crippen molar-refractivity contribution in [1.29, 1.82) is 0 Å². The average Bonchev–Trinajstić information content (AvgIpc) is 2.69. The third-order valence-corrected chi connectivity index (χ3v) is 2.76. The van der Waals surface area contributed by atoms with Gasteiger partial charge in [0.1, 0.15) is 11.2 Å². The minimum Gasteiger partial charge on any atom is -0.481 e. The van der Waals surface area contributed by atoms with E-state index in [1.807, 2.05) is 0 Å². The molecular formula is C8H6N4O4S. The highest BCUT2D eigenvalue weighted by Crippen LogP contribution is 2.18. The summed E-state index contributed by atoms with van der Waals surface area (Å²) in [5.41, 5.74) is 0.344. The molecule has 17 heavy (non-hydrogen) atoms. The van der Waals surface area contributed by atoms with E-state index in [9.17, 15) is 14.9 Å². The normalized spacial score (nSPS) is 10.6. The molecule has 88 valence electrons. The summed E-state index contributed by atoms with van der Waals surface area (Å²) < 4.78 is 1.07. The fourth-order valence-corrected chi connectivity index (χ4v) is 1.76. The van der Waals surface area contributed by atoms with Gasteiger partial charge in [0.05, 0.1) is 5.75 Å². The van der Waals surface area contributed by atoms with E-state index in [-0.39, 0.29) is 11.6 Å². The van der Waals surface area contributed by atoms with Gasteiger partial charge in [-0.3, -0.25) is 4.79 Å². The molecule has 2 rings (SSSR count). The maximum absolute atomic E-state index is 10.7. The molecule has 0 radical (unpaired) electrons. The minimum absolute atomic E-state index is 0.152. The van der Waals surface area contributed by atoms with Crippen LogP contribution in [0.25, 0.3) is 5.65 Å². The Kier molecular flexibility index (Phi) is 2.91. The summed E-state index contributed by atoms with van der Waals surface area (Å²) in [5, 5.41) is 23.5. The Morgan fingerprint density at radius 2 is 2.35 bits per heavy atom. The van der Waals surface area contributed by atoms with E-state index in [2.05, 4.69) is 10.1 Å². The molecule has 0 saturated carbocycles. The zero-order chi connectivity index (χ0) is 12.4. The number of imidazole rings is 1. The maximum Gasteiger partial charge on any atom is 0.368 e. The number of thioether (sulfide) groups is 1. The third-order valence-electron chi connectivity index (χ3n) is 1.85. The molecule has 0 aromatic carbocycles. The highest BCUT2D eigenvalue weighted by atomic mass is 32.2. The third kappa shape index (κ3) is 2.33. The lowest BCUT2D eigenvalue weighted by Gasteiger charge is -1.96. The number of nitro groups is 1. The fraction of sp³-hybridized carbons (Fsp3) is 0.125. The molecule has 0 fully saturated rings. The number of hydrogen-bond acceptors (Lipinski definition) is 6. The highest BCUT2D eigenvalue weighted by Gasteiger charge is 2.16. The summed E-state index contributed by atoms with van der Waals surface area (Å²) in [4.78, 5) is 24.3. The summed E-state index contributed by atoms with van der Waals surface area (Å²) in [6.45, 7) is 0. The van der Waals surface area contributed by atoms with E-state index in [4.69, 9.17) is 5.11 Å². The van der Waals surface area contributed by atoms with Crippen LogP contribution in [-0.4, -0.2) is 36.4 Å². The van der Waals surface area contributed by atoms with Crippen molar-refractivity contribution in [2.75, 3.05) is 5.75 Å². The monoisotopic (exact) mass is 254 g/mol. The SMILES string of the molecule is O=C(O)CSc1ccc2ncc([N+](=O)[O-])n2n1. The van der Waals surface area contributed by atoms with Gasteiger partial charge in [-0.05, 0) is 11.0 Å². The van der Waals surface area contributed by atoms with Crippen molar-refractivity contribution in [1.82, 2.24) is 14.6 Å². The van der Waals surface area contributed by atoms with Gasteiger partial charge in [-0.1, -0.05) is 21.4 Å². The second kappa shape index (κ2) is 4.37. The lowest BCUT2D eigenvalue weighted by molar-refractivity contribution is -0.391. The summed E-state index contributed by atoms with van der Waals surface area (Å²) in [6, 6.07) is 3.11. The summed E-state index contributed by atoms with van der Waals surface area (Å²) in [5.74, 6) is -1.38. The predicted molar refractivity (Wildman–Crippen MR) is 58.0 cm³/mol. The molecule has 0 spiro atoms. The molecule has 2 aromatic rings. The Morgan fingerprint density at radius 1 is 1.59 bits per heavy atom. The van der Waals surface area contributed by atoms with Gasteiger partial charge in [-0.15, -0.1) is 0 Å². The number of aliphatic carboxylic acids is 1. The van der Waals surface area contributed by atoms with Crippen LogP contribution in [0.4, 0.5) is 5.82 Å². The minimum atomic E-state index is -0.975. The Bertz CT molecular complexity index is 596. The van der Waals surface area contributed by atoms with Crippen LogP contribution in [0.15, 0.2) is 23.4 Å². The number of rotatable bonds is 4. The Balaban J connectivity index is 2.37. The molecule has 8 nitrogen and oxygen atoms in total. The van der Waals surface area contributed by atoms with Gasteiger partial charge in [-0.2, -0.15) is 0 Å². The molecule has 9 heteroatoms. The predicted octanol–water partition coefficient (Wildman–Crippen LogP) is 0.814. The zero-order valence-electron chi connectivity index (χ0n) is 8.31. The number of carboxylic acids is 1. The summed E-state index contributed by atoms with van der Waals surface area (Å²) in [7, 11) is 0. The van der Waals surface area contributed by atoms with Crippen LogP contribution in [-0.2, 0) is 4.79 Å². The molecule has 0 atom stereocenters. The van der Waals surface area contributed by atoms with Gasteiger partial charge in [-0.25, -0.2) is 4.98 Å². The van der Waals surface area contributed by atoms with Crippen molar-refractivity contribution >= 4 is 29.2 Å². The molecule has 0 aliphatic carbocycles. The van der Waals surface area contributed by atoms with Crippen molar-refractivity contribution in [3.8, 4) is 0 Å². The smallest absolute Gasteiger partial charge is 0.368 e. The molecule has 0 unspecified atom stereocenters. The second-order valence-corrected chi connectivity index (χ2v) is 3.99. The van der Waals surface area contributed by atoms with Crippen LogP contribution in [0.2, 0.25) is 0 Å². The zero-order valence-corrected chi connectivity index (χ0v) is 9.12. The first-order chi connectivity index (χ1) is 8.08. The quantitative estimate of drug-likeness (QED) is 0.488. The first kappa shape index (κ1) is 11.3. The molecule has 1 N–H and O–H groups in total. The molecule has 2 heterocycles. The first-order valence-electron chi connectivity index (χ1n) is 4.41. The number of aromatic nitrogens is 3. The van der Waals surface area contributed by atoms with Crippen molar-refractivity contribution in [3.63, 3.8) is 0 Å². The van der Waals surface area contributed by atoms with E-state index in [1.54, 1.807) is 12.1 Å². The van der Waals surface area contributed by atoms with E-state index in [0.29, 0.717) is 10.7 Å². The highest BCUT2D eigenvalue weighted by molar-refractivity contribution is 7.99. The number of carbonyl (C=O) groups is 1. The Morgan fingerprint density at radius 3 is 3.00 bits per heavy atom. The molecule has 0 aliphatic rings. The van der Waals surface area contributed by atoms with E-state index >= 15 is 0 Å². The molecule has 0 saturated heterocycles. The molecule has 0 amide bonds. The van der Waals surface area contributed by atoms with E-state index in [0.717, 1.165) is 22.5 Å². The topological polar surface area (TPSA) is 111 Å². The Hall–Kier alpha value is -2.16. The number of hydrogen-bond donors (Lipinski definition) is 1.